The zero-order valence-corrected chi connectivity index (χ0v) is 86.3. The molecule has 0 aliphatic rings. The van der Waals surface area contributed by atoms with Crippen LogP contribution in [0.1, 0.15) is 133 Å². The van der Waals surface area contributed by atoms with E-state index in [4.69, 9.17) is 78.4 Å². The normalized spacial score (nSPS) is 10.4. The monoisotopic (exact) mass is 2190 g/mol. The summed E-state index contributed by atoms with van der Waals surface area (Å²) in [5.74, 6) is 1.96. The number of nitrogens with two attached hydrogens (primary N) is 3. The van der Waals surface area contributed by atoms with Crippen molar-refractivity contribution in [2.45, 2.75) is 148 Å². The number of aryl methyl sites for hydroxylation is 4. The number of aliphatic carboxylic acids is 1. The fourth-order valence-electron chi connectivity index (χ4n) is 14.8. The second-order valence-corrected chi connectivity index (χ2v) is 34.6. The third kappa shape index (κ3) is 35.6. The van der Waals surface area contributed by atoms with Crippen LogP contribution in [0.2, 0.25) is 0 Å². The predicted molar refractivity (Wildman–Crippen MR) is 565 cm³/mol. The van der Waals surface area contributed by atoms with Gasteiger partial charge in [-0.3, -0.25) is 38.4 Å². The quantitative estimate of drug-likeness (QED) is 0.00831. The molecule has 0 unspecified atom stereocenters. The molecule has 0 spiro atoms. The number of rotatable bonds is 31. The third-order valence-corrected chi connectivity index (χ3v) is 22.3. The topological polar surface area (TPSA) is 502 Å². The van der Waals surface area contributed by atoms with E-state index in [0.29, 0.717) is 114 Å². The van der Waals surface area contributed by atoms with Gasteiger partial charge in [-0.25, -0.2) is 0 Å². The van der Waals surface area contributed by atoms with Crippen LogP contribution in [-0.2, 0) is 124 Å². The average Bonchev–Trinajstić information content (AvgIpc) is 1.68. The molecule has 16 N–H and O–H groups in total. The maximum absolute atomic E-state index is 12.1. The van der Waals surface area contributed by atoms with Gasteiger partial charge in [0.05, 0.1) is 59.3 Å². The number of nitrogens with one attached hydrogen (secondary N) is 4. The number of fused-ring (bicyclic) bond motifs is 4. The number of carbonyl (C=O) groups excluding carboxylic acids is 7. The van der Waals surface area contributed by atoms with Gasteiger partial charge in [0.25, 0.3) is 0 Å². The van der Waals surface area contributed by atoms with Gasteiger partial charge in [-0.15, -0.1) is 12.4 Å². The summed E-state index contributed by atoms with van der Waals surface area (Å²) in [7, 11) is -1.40. The number of esters is 3. The van der Waals surface area contributed by atoms with E-state index in [1.54, 1.807) is 106 Å². The Morgan fingerprint density at radius 1 is 0.378 bits per heavy atom. The Morgan fingerprint density at radius 2 is 0.685 bits per heavy atom. The fourth-order valence-corrected chi connectivity index (χ4v) is 16.4. The molecule has 143 heavy (non-hydrogen) atoms. The number of hydrogen-bond acceptors (Lipinski definition) is 26. The van der Waals surface area contributed by atoms with Crippen LogP contribution < -0.4 is 77.0 Å². The summed E-state index contributed by atoms with van der Waals surface area (Å²) in [4.78, 5) is 91.8. The molecule has 0 fully saturated rings. The van der Waals surface area contributed by atoms with Crippen molar-refractivity contribution >= 4 is 184 Å². The Hall–Kier alpha value is -13.3. The first-order valence-corrected chi connectivity index (χ1v) is 46.8. The number of aliphatic hydroxyl groups is 1. The van der Waals surface area contributed by atoms with Crippen LogP contribution in [-0.4, -0.2) is 105 Å². The molecule has 0 saturated heterocycles. The maximum atomic E-state index is 12.1. The summed E-state index contributed by atoms with van der Waals surface area (Å²) in [5.41, 5.74) is 36.1. The Labute approximate surface area is 872 Å². The smallest absolute Gasteiger partial charge is 0.870 e. The van der Waals surface area contributed by atoms with Gasteiger partial charge in [0.15, 0.2) is 0 Å². The summed E-state index contributed by atoms with van der Waals surface area (Å²) in [6.45, 7) is 21.7. The third-order valence-electron chi connectivity index (χ3n) is 20.7. The molecule has 0 aliphatic carbocycles. The molecule has 0 saturated carbocycles. The average molecular weight is 2190 g/mol. The first-order valence-electron chi connectivity index (χ1n) is 44.7. The van der Waals surface area contributed by atoms with E-state index in [-0.39, 0.29) is 124 Å². The number of amides is 4. The maximum Gasteiger partial charge on any atom is 1.00 e. The molecule has 36 heteroatoms. The Bertz CT molecular complexity index is 6940. The molecule has 4 heterocycles. The van der Waals surface area contributed by atoms with Crippen molar-refractivity contribution in [1.29, 1.82) is 0 Å². The molecule has 31 nitrogen and oxygen atoms in total. The van der Waals surface area contributed by atoms with Crippen LogP contribution in [0.4, 0.5) is 22.7 Å². The Morgan fingerprint density at radius 3 is 1.02 bits per heavy atom. The van der Waals surface area contributed by atoms with Gasteiger partial charge in [-0.05, 0) is 258 Å². The SMILES string of the molecule is CC(=O)Nc1ccc(CC(=O)O)c(OCc2cc(-c3cccc(CN)c3)c3oc(C)cc3c2)c1.CCOC(=O)Cc1ccc(NC(C)=O)cc1O.CCOC(=O)Cc1ccc(NC(C)=O)cc1OCc1cc(-c2cccc(CN)c2)c2oc(C)cc2c1.CCOC(=O)Cc1ccc(NC(C)=O)cc1OCc1cc(I)c2oc(C)cc2c1.Cc1cc2cc(CO)cc(I)c2o1.Cl.NCc1cccc(B(O)O)c1.[Li+].[OH-]. The van der Waals surface area contributed by atoms with Crippen molar-refractivity contribution in [1.82, 2.24) is 0 Å². The molecule has 4 amide bonds. The van der Waals surface area contributed by atoms with Crippen molar-refractivity contribution in [3.05, 3.63) is 310 Å². The van der Waals surface area contributed by atoms with Crippen molar-refractivity contribution in [2.24, 2.45) is 17.2 Å². The predicted octanol–water partition coefficient (Wildman–Crippen LogP) is 15.9. The van der Waals surface area contributed by atoms with Gasteiger partial charge >= 0.3 is 49.9 Å². The number of ether oxygens (including phenoxy) is 6. The number of aromatic hydroxyl groups is 1. The molecule has 0 atom stereocenters. The van der Waals surface area contributed by atoms with Crippen LogP contribution in [0.5, 0.6) is 23.0 Å². The van der Waals surface area contributed by atoms with Gasteiger partial charge in [0.1, 0.15) is 88.2 Å². The van der Waals surface area contributed by atoms with Gasteiger partial charge in [-0.2, -0.15) is 0 Å². The molecule has 746 valence electrons. The summed E-state index contributed by atoms with van der Waals surface area (Å²) in [5, 5.41) is 60.2. The molecule has 4 aromatic heterocycles. The fraction of sp³-hybridized carbons (Fsp3) is 0.234. The van der Waals surface area contributed by atoms with Gasteiger partial charge < -0.3 is 115 Å². The van der Waals surface area contributed by atoms with Crippen LogP contribution in [0.3, 0.4) is 0 Å². The second-order valence-electron chi connectivity index (χ2n) is 32.3. The summed E-state index contributed by atoms with van der Waals surface area (Å²) in [6.07, 6.45) is -0.00552. The number of hydrogen-bond donors (Lipinski definition) is 12. The second kappa shape index (κ2) is 57.1. The minimum Gasteiger partial charge on any atom is -0.870 e. The zero-order valence-electron chi connectivity index (χ0n) is 81.2. The molecule has 0 bridgehead atoms. The van der Waals surface area contributed by atoms with Crippen LogP contribution in [0.25, 0.3) is 66.1 Å². The number of carboxylic acid groups (broad SMARTS) is 1. The molecular weight excluding hydrogens is 2070 g/mol. The summed E-state index contributed by atoms with van der Waals surface area (Å²) in [6, 6.07) is 67.0. The van der Waals surface area contributed by atoms with E-state index < -0.39 is 19.1 Å². The molecule has 15 rings (SSSR count). The number of halogens is 3. The van der Waals surface area contributed by atoms with Crippen LogP contribution >= 0.6 is 57.6 Å². The minimum atomic E-state index is -1.40. The van der Waals surface area contributed by atoms with Crippen molar-refractivity contribution in [3.63, 3.8) is 0 Å². The van der Waals surface area contributed by atoms with Crippen LogP contribution in [0, 0.1) is 34.8 Å². The molecule has 0 radical (unpaired) electrons. The van der Waals surface area contributed by atoms with Gasteiger partial charge in [0, 0.05) is 149 Å². The van der Waals surface area contributed by atoms with E-state index in [9.17, 15) is 48.6 Å². The summed E-state index contributed by atoms with van der Waals surface area (Å²) < 4.78 is 58.5. The molecular formula is C107H114BClI2LiN7O24. The Kier molecular flexibility index (Phi) is 46.6. The largest absolute Gasteiger partial charge is 1.00 e. The van der Waals surface area contributed by atoms with E-state index in [0.717, 1.165) is 135 Å². The number of furan rings is 4. The van der Waals surface area contributed by atoms with Crippen molar-refractivity contribution < 1.29 is 134 Å². The summed E-state index contributed by atoms with van der Waals surface area (Å²) >= 11 is 4.46. The van der Waals surface area contributed by atoms with E-state index in [2.05, 4.69) is 72.5 Å². The molecule has 0 aliphatic heterocycles. The number of aliphatic hydroxyl groups excluding tert-OH is 1. The zero-order chi connectivity index (χ0) is 101. The minimum absolute atomic E-state index is 0. The van der Waals surface area contributed by atoms with Gasteiger partial charge in [-0.1, -0.05) is 84.9 Å². The first-order chi connectivity index (χ1) is 67.0. The van der Waals surface area contributed by atoms with Crippen molar-refractivity contribution in [3.8, 4) is 45.3 Å². The van der Waals surface area contributed by atoms with E-state index in [1.807, 2.05) is 149 Å². The first kappa shape index (κ1) is 117. The number of phenolic OH excluding ortho intramolecular Hbond substituents is 1. The number of benzene rings is 11. The standard InChI is InChI=1S/C29H30N2O5.C27H26N2O5.C22H22INO5.C12H15NO4.C10H9IO2.C7H10BNO2.ClH.Li.H2O/c1-4-34-28(33)14-23-8-9-25(31-19(3)32)15-27(23)35-17-21-12-24-10-18(2)36-29(24)26(13-21)22-7-5-6-20(11-22)16-30;1-16-8-22-10-19(11-24(27(22)34-16)20-5-3-4-18(9-20)14-28)15-33-25-13-23(29-17(2)30)7-6-21(25)12-26(31)32;1-4-27-21(26)10-16-5-6-18(24-14(3)25)11-20(16)28-12-15-8-17-7-13(2)29-22(17)19(23)9-15;1-3-17-12(16)6-9-4-5-10(7-11(9)15)13-8(2)14;1-6-2-8-3-7(5-12)4-9(11)10(8)13-6;9-5-6-2-1-3-7(4-6)8(10)11;;;/h5-13,15H,4,14,16-17,30H2,1-3H3,(H,31,32);3-11,13H,12,14-15,28H2,1-2H3,(H,29,30)(H,31,32);5-9,11H,4,10,12H2,1-3H3,(H,24,25);4-5,7,15H,3,6H2,1-2H3,(H,13,14);2-4,12H,5H2,1H3;1-4,10-11H,5,9H2;1H;;1H2/q;;;;;;;+1;/p-1. The number of carboxylic acids is 1. The molecule has 11 aromatic carbocycles. The van der Waals surface area contributed by atoms with E-state index in [1.165, 1.54) is 33.8 Å². The van der Waals surface area contributed by atoms with Gasteiger partial charge in [0.2, 0.25) is 23.6 Å². The Balaban J connectivity index is 0.000000242. The van der Waals surface area contributed by atoms with Crippen LogP contribution in [0.15, 0.2) is 236 Å². The van der Waals surface area contributed by atoms with E-state index >= 15 is 0 Å². The molecule has 15 aromatic rings. The number of phenols is 1. The van der Waals surface area contributed by atoms with Crippen molar-refractivity contribution in [2.75, 3.05) is 41.1 Å². The number of carbonyl (C=O) groups is 8. The number of anilines is 4.